The molecule has 8 atom stereocenters. The van der Waals surface area contributed by atoms with Crippen molar-refractivity contribution >= 4 is 105 Å². The zero-order valence-corrected chi connectivity index (χ0v) is 19.9. The molecular formula is H13P13. The Balaban J connectivity index is 4.49. The second-order valence-corrected chi connectivity index (χ2v) is 47.9. The molecule has 0 saturated carbocycles. The van der Waals surface area contributed by atoms with Crippen LogP contribution in [0.15, 0.2) is 0 Å². The molecule has 0 nitrogen and oxygen atoms in total. The summed E-state index contributed by atoms with van der Waals surface area (Å²) in [5.41, 5.74) is 0. The highest BCUT2D eigenvalue weighted by molar-refractivity contribution is 9.24. The minimum absolute atomic E-state index is 0.00961. The lowest BCUT2D eigenvalue weighted by Gasteiger charge is -2.34. The number of rotatable bonds is 5. The second kappa shape index (κ2) is 10.4. The second-order valence-electron chi connectivity index (χ2n) is 1.77. The molecule has 0 amide bonds. The molecule has 0 aromatic heterocycles. The maximum absolute atomic E-state index is 3.82. The predicted octanol–water partition coefficient (Wildman–Crippen LogP) is 7.72. The third-order valence-electron chi connectivity index (χ3n) is 0.887. The average molecular weight is 416 g/mol. The molecule has 0 spiro atoms. The van der Waals surface area contributed by atoms with Gasteiger partial charge in [-0.3, -0.25) is 0 Å². The summed E-state index contributed by atoms with van der Waals surface area (Å²) in [5.74, 6) is 0. The van der Waals surface area contributed by atoms with Crippen molar-refractivity contribution in [2.24, 2.45) is 0 Å². The quantitative estimate of drug-likeness (QED) is 0.403. The topological polar surface area (TPSA) is 0 Å². The SMILES string of the molecule is [PH]PP(P([PH])P)P(P(P)P)P(P)P. The Morgan fingerprint density at radius 3 is 1.38 bits per heavy atom. The fourth-order valence-corrected chi connectivity index (χ4v) is 121. The van der Waals surface area contributed by atoms with Crippen molar-refractivity contribution in [1.29, 1.82) is 0 Å². The van der Waals surface area contributed by atoms with Gasteiger partial charge in [-0.1, -0.05) is 25.8 Å². The van der Waals surface area contributed by atoms with Crippen molar-refractivity contribution in [2.75, 3.05) is 0 Å². The van der Waals surface area contributed by atoms with E-state index in [9.17, 15) is 0 Å². The normalized spacial score (nSPS) is 15.9. The smallest absolute Gasteiger partial charge is 0.00569 e. The number of hydrogen-bond acceptors (Lipinski definition) is 0. The molecule has 0 rings (SSSR count). The van der Waals surface area contributed by atoms with Gasteiger partial charge in [-0.05, 0) is 34.9 Å². The zero-order chi connectivity index (χ0) is 10.6. The van der Waals surface area contributed by atoms with Gasteiger partial charge in [-0.2, -0.15) is 0 Å². The van der Waals surface area contributed by atoms with Crippen LogP contribution in [0.3, 0.4) is 0 Å². The molecule has 0 aliphatic rings. The molecule has 0 fully saturated rings. The van der Waals surface area contributed by atoms with E-state index in [1.54, 1.807) is 0 Å². The summed E-state index contributed by atoms with van der Waals surface area (Å²) in [6.45, 7) is 0.502. The molecule has 0 saturated heterocycles. The summed E-state index contributed by atoms with van der Waals surface area (Å²) in [5, 5.41) is 0. The fourth-order valence-electron chi connectivity index (χ4n) is 0.500. The molecule has 13 heavy (non-hydrogen) atoms. The summed E-state index contributed by atoms with van der Waals surface area (Å²) in [6.07, 6.45) is 0. The van der Waals surface area contributed by atoms with Crippen LogP contribution in [0.1, 0.15) is 0 Å². The summed E-state index contributed by atoms with van der Waals surface area (Å²) in [4.78, 5) is 0. The van der Waals surface area contributed by atoms with Crippen LogP contribution in [-0.4, -0.2) is 0 Å². The molecule has 0 aromatic carbocycles. The monoisotopic (exact) mass is 416 g/mol. The Bertz CT molecular complexity index is 114. The van der Waals surface area contributed by atoms with E-state index < -0.39 is 0 Å². The third-order valence-corrected chi connectivity index (χ3v) is 71.8. The van der Waals surface area contributed by atoms with E-state index in [0.717, 1.165) is 7.96 Å². The third kappa shape index (κ3) is 7.68. The Morgan fingerprint density at radius 2 is 1.31 bits per heavy atom. The minimum Gasteiger partial charge on any atom is -0.102 e. The van der Waals surface area contributed by atoms with Crippen LogP contribution in [0, 0.1) is 0 Å². The van der Waals surface area contributed by atoms with Gasteiger partial charge < -0.3 is 0 Å². The van der Waals surface area contributed by atoms with Crippen LogP contribution in [-0.2, 0) is 0 Å². The van der Waals surface area contributed by atoms with Crippen LogP contribution in [0.5, 0.6) is 0 Å². The maximum atomic E-state index is 3.82. The van der Waals surface area contributed by atoms with E-state index in [1.807, 2.05) is 0 Å². The van der Waals surface area contributed by atoms with Gasteiger partial charge in [0.1, 0.15) is 0 Å². The summed E-state index contributed by atoms with van der Waals surface area (Å²) in [6, 6.07) is 0. The molecule has 13 heteroatoms. The lowest BCUT2D eigenvalue weighted by atomic mass is 28.7. The van der Waals surface area contributed by atoms with Gasteiger partial charge >= 0.3 is 0 Å². The lowest BCUT2D eigenvalue weighted by molar-refractivity contribution is 4.61. The van der Waals surface area contributed by atoms with E-state index >= 15 is 0 Å². The van der Waals surface area contributed by atoms with E-state index in [-0.39, 0.29) is 34.9 Å². The molecule has 8 unspecified atom stereocenters. The molecule has 0 N–H and O–H groups in total. The minimum atomic E-state index is -0.00961. The van der Waals surface area contributed by atoms with Crippen molar-refractivity contribution in [2.45, 2.75) is 0 Å². The predicted molar refractivity (Wildman–Crippen MR) is 108 cm³/mol. The molecule has 0 aromatic rings. The molecule has 0 aliphatic carbocycles. The van der Waals surface area contributed by atoms with Crippen LogP contribution < -0.4 is 0 Å². The largest absolute Gasteiger partial charge is 0.102 e. The van der Waals surface area contributed by atoms with E-state index in [0.29, 0.717) is 0 Å². The Labute approximate surface area is 105 Å². The Hall–Kier alpha value is 5.59. The molecule has 0 bridgehead atoms. The lowest BCUT2D eigenvalue weighted by Crippen LogP contribution is -1.45. The molecule has 78 valence electrons. The van der Waals surface area contributed by atoms with Crippen molar-refractivity contribution in [3.63, 3.8) is 0 Å². The van der Waals surface area contributed by atoms with E-state index in [4.69, 9.17) is 0 Å². The van der Waals surface area contributed by atoms with Gasteiger partial charge in [0.15, 0.2) is 0 Å². The standard InChI is InChI=1S/H13P13/c1-8-12(9(2)3)13(10(4)5)11(6)7/h1-2,8H,3-7H2. The first-order chi connectivity index (χ1) is 5.91. The molecular weight excluding hydrogens is 403 g/mol. The van der Waals surface area contributed by atoms with Crippen LogP contribution >= 0.6 is 105 Å². The van der Waals surface area contributed by atoms with Crippen molar-refractivity contribution in [3.05, 3.63) is 0 Å². The van der Waals surface area contributed by atoms with Crippen LogP contribution in [0.25, 0.3) is 0 Å². The van der Waals surface area contributed by atoms with Crippen LogP contribution in [0.4, 0.5) is 0 Å². The molecule has 0 aliphatic heterocycles. The highest BCUT2D eigenvalue weighted by atomic mass is 33.3. The van der Waals surface area contributed by atoms with Crippen LogP contribution in [0.2, 0.25) is 0 Å². The van der Waals surface area contributed by atoms with Crippen molar-refractivity contribution in [3.8, 4) is 0 Å². The number of hydrogen-bond donors (Lipinski definition) is 0. The van der Waals surface area contributed by atoms with Gasteiger partial charge in [-0.15, -0.1) is 44.6 Å². The van der Waals surface area contributed by atoms with Gasteiger partial charge in [0.2, 0.25) is 0 Å². The average Bonchev–Trinajstić information content (AvgIpc) is 1.97. The fraction of sp³-hybridized carbons (Fsp3) is 0. The summed E-state index contributed by atoms with van der Waals surface area (Å²) >= 11 is 0. The van der Waals surface area contributed by atoms with Gasteiger partial charge in [0.25, 0.3) is 0 Å². The van der Waals surface area contributed by atoms with E-state index in [2.05, 4.69) is 62.5 Å². The molecule has 2 radical (unpaired) electrons. The first kappa shape index (κ1) is 18.6. The zero-order valence-electron chi connectivity index (χ0n) is 6.62. The first-order valence-electron chi connectivity index (χ1n) is 2.79. The Morgan fingerprint density at radius 1 is 0.923 bits per heavy atom. The van der Waals surface area contributed by atoms with Crippen molar-refractivity contribution in [1.82, 2.24) is 0 Å². The van der Waals surface area contributed by atoms with Gasteiger partial charge in [0, 0.05) is 0 Å². The first-order valence-corrected chi connectivity index (χ1v) is 25.1. The van der Waals surface area contributed by atoms with Crippen molar-refractivity contribution < 1.29 is 0 Å². The molecule has 0 heterocycles. The maximum Gasteiger partial charge on any atom is -0.00569 e. The van der Waals surface area contributed by atoms with Gasteiger partial charge in [0.05, 0.1) is 0 Å². The summed E-state index contributed by atoms with van der Waals surface area (Å²) in [7, 11) is 23.5. The summed E-state index contributed by atoms with van der Waals surface area (Å²) < 4.78 is 0. The Kier molecular flexibility index (Phi) is 14.9. The van der Waals surface area contributed by atoms with Gasteiger partial charge in [-0.25, -0.2) is 0 Å². The van der Waals surface area contributed by atoms with E-state index in [1.165, 1.54) is 0 Å². The highest BCUT2D eigenvalue weighted by Gasteiger charge is 2.29. The highest BCUT2D eigenvalue weighted by Crippen LogP contribution is 3.18.